The molecule has 4 rings (SSSR count). The number of fused-ring (bicyclic) bond motifs is 9. The van der Waals surface area contributed by atoms with E-state index in [4.69, 9.17) is 19.7 Å². The van der Waals surface area contributed by atoms with Crippen molar-refractivity contribution >= 4 is 5.97 Å². The molecule has 9 heteroatoms. The summed E-state index contributed by atoms with van der Waals surface area (Å²) in [5.41, 5.74) is 0. The minimum atomic E-state index is -2.01. The standard InChI is InChI=1S/C19H28O5.2CH3O.2Y/c1-5-9-8(2)10-6-11(9)15-12-7-13(14(10)15)17(16(12)18(20)21)19(22,23-3)24-4;2*1-2;;/h8-17,22H,3-7H2,1-2H3,(H,20,21);2*2H,1H2;;/q-2;2*-1;;. The second-order valence-electron chi connectivity index (χ2n) is 8.52. The number of aliphatic hydroxyl groups is 3. The smallest absolute Gasteiger partial charge is 0.307 e. The Morgan fingerprint density at radius 2 is 1.43 bits per heavy atom. The molecule has 4 saturated carbocycles. The quantitative estimate of drug-likeness (QED) is 0.226. The normalized spacial score (nSPS) is 42.0. The molecule has 0 aromatic rings. The van der Waals surface area contributed by atoms with Crippen molar-refractivity contribution in [3.63, 3.8) is 0 Å². The molecule has 0 saturated heterocycles. The van der Waals surface area contributed by atoms with Crippen LogP contribution in [0.1, 0.15) is 33.1 Å². The van der Waals surface area contributed by atoms with Gasteiger partial charge in [-0.05, 0) is 60.2 Å². The predicted molar refractivity (Wildman–Crippen MR) is 100 cm³/mol. The van der Waals surface area contributed by atoms with Crippen LogP contribution in [-0.4, -0.2) is 32.4 Å². The van der Waals surface area contributed by atoms with Crippen molar-refractivity contribution in [2.45, 2.75) is 39.1 Å². The number of carboxylic acids is 1. The van der Waals surface area contributed by atoms with Crippen molar-refractivity contribution in [1.82, 2.24) is 0 Å². The molecule has 0 aromatic heterocycles. The van der Waals surface area contributed by atoms with Crippen LogP contribution in [0.2, 0.25) is 0 Å². The van der Waals surface area contributed by atoms with Crippen LogP contribution in [0, 0.1) is 87.6 Å². The molecule has 0 aromatic carbocycles. The van der Waals surface area contributed by atoms with E-state index in [0.717, 1.165) is 12.3 Å². The zero-order chi connectivity index (χ0) is 21.4. The van der Waals surface area contributed by atoms with Gasteiger partial charge < -0.3 is 29.9 Å². The van der Waals surface area contributed by atoms with Crippen molar-refractivity contribution in [1.29, 1.82) is 0 Å². The van der Waals surface area contributed by atoms with Crippen molar-refractivity contribution in [3.8, 4) is 0 Å². The van der Waals surface area contributed by atoms with Crippen LogP contribution in [0.4, 0.5) is 0 Å². The average Bonchev–Trinajstić information content (AvgIpc) is 3.46. The fourth-order valence-corrected chi connectivity index (χ4v) is 7.81. The Balaban J connectivity index is 0.00000133. The predicted octanol–water partition coefficient (Wildman–Crippen LogP) is 3.06. The summed E-state index contributed by atoms with van der Waals surface area (Å²) in [5, 5.41) is 34.1. The van der Waals surface area contributed by atoms with Gasteiger partial charge in [0.05, 0.1) is 11.8 Å². The number of rotatable bonds is 5. The Kier molecular flexibility index (Phi) is 13.4. The summed E-state index contributed by atoms with van der Waals surface area (Å²) in [6, 6.07) is 0. The number of aliphatic carboxylic acids is 1. The van der Waals surface area contributed by atoms with Crippen molar-refractivity contribution in [2.24, 2.45) is 59.2 Å². The summed E-state index contributed by atoms with van der Waals surface area (Å²) in [6.45, 7) is 4.61. The first kappa shape index (κ1) is 31.5. The Morgan fingerprint density at radius 3 is 1.87 bits per heavy atom. The van der Waals surface area contributed by atoms with E-state index >= 15 is 0 Å². The second kappa shape index (κ2) is 12.8. The SMILES string of the molecule is [CH2-]O.[CH2-]O.[CH2-]OC(O)(O[CH2-])C1C2CC(C1C(=O)O)C1C3CC(C(C)C3CC)C21.[Y].[Y]. The average molecular weight is 576 g/mol. The van der Waals surface area contributed by atoms with E-state index in [1.54, 1.807) is 0 Å². The summed E-state index contributed by atoms with van der Waals surface area (Å²) in [6.07, 6.45) is 3.25. The van der Waals surface area contributed by atoms with Gasteiger partial charge in [0.2, 0.25) is 5.97 Å². The Morgan fingerprint density at radius 1 is 0.967 bits per heavy atom. The summed E-state index contributed by atoms with van der Waals surface area (Å²) in [4.78, 5) is 12.0. The number of aliphatic hydroxyl groups excluding tert-OH is 2. The largest absolute Gasteiger partial charge is 0.569 e. The monoisotopic (exact) mass is 576 g/mol. The molecule has 0 aliphatic heterocycles. The van der Waals surface area contributed by atoms with E-state index < -0.39 is 23.8 Å². The summed E-state index contributed by atoms with van der Waals surface area (Å²) >= 11 is 0. The minimum absolute atomic E-state index is 0. The third-order valence-electron chi connectivity index (χ3n) is 8.31. The van der Waals surface area contributed by atoms with E-state index in [2.05, 4.69) is 42.3 Å². The van der Waals surface area contributed by atoms with Gasteiger partial charge in [-0.25, -0.2) is 28.4 Å². The molecule has 10 unspecified atom stereocenters. The molecule has 7 nitrogen and oxygen atoms in total. The molecule has 170 valence electrons. The van der Waals surface area contributed by atoms with Gasteiger partial charge in [-0.3, -0.25) is 4.79 Å². The number of carboxylic acid groups (broad SMARTS) is 1. The van der Waals surface area contributed by atoms with Gasteiger partial charge in [0, 0.05) is 65.4 Å². The summed E-state index contributed by atoms with van der Waals surface area (Å²) in [7, 11) is 11.1. The van der Waals surface area contributed by atoms with Crippen LogP contribution in [0.3, 0.4) is 0 Å². The van der Waals surface area contributed by atoms with Gasteiger partial charge in [0.15, 0.2) is 0 Å². The maximum Gasteiger partial charge on any atom is 0.307 e. The molecule has 0 amide bonds. The van der Waals surface area contributed by atoms with E-state index in [1.807, 2.05) is 0 Å². The molecule has 4 aliphatic rings. The first-order chi connectivity index (χ1) is 13.4. The van der Waals surface area contributed by atoms with Crippen molar-refractivity contribution in [2.75, 3.05) is 0 Å². The first-order valence-corrected chi connectivity index (χ1v) is 9.84. The number of hydrogen-bond donors (Lipinski definition) is 4. The molecule has 0 spiro atoms. The molecule has 30 heavy (non-hydrogen) atoms. The molecule has 10 atom stereocenters. The van der Waals surface area contributed by atoms with E-state index in [9.17, 15) is 15.0 Å². The van der Waals surface area contributed by atoms with Crippen LogP contribution >= 0.6 is 0 Å². The maximum atomic E-state index is 12.0. The molecule has 4 bridgehead atoms. The third-order valence-corrected chi connectivity index (χ3v) is 8.31. The molecule has 4 aliphatic carbocycles. The van der Waals surface area contributed by atoms with Gasteiger partial charge in [-0.2, -0.15) is 0 Å². The third kappa shape index (κ3) is 4.68. The molecule has 0 heterocycles. The van der Waals surface area contributed by atoms with Crippen LogP contribution in [0.5, 0.6) is 0 Å². The molecular formula is C21H34O7Y2-4. The molecular weight excluding hydrogens is 542 g/mol. The number of hydrogen-bond acceptors (Lipinski definition) is 6. The Labute approximate surface area is 230 Å². The zero-order valence-corrected chi connectivity index (χ0v) is 23.6. The van der Waals surface area contributed by atoms with Gasteiger partial charge in [0.25, 0.3) is 0 Å². The Hall–Kier alpha value is 1.48. The van der Waals surface area contributed by atoms with Gasteiger partial charge >= 0.3 is 5.97 Å². The van der Waals surface area contributed by atoms with Gasteiger partial charge in [-0.1, -0.05) is 20.3 Å². The topological polar surface area (TPSA) is 116 Å². The van der Waals surface area contributed by atoms with Crippen LogP contribution in [0.25, 0.3) is 0 Å². The van der Waals surface area contributed by atoms with Crippen LogP contribution in [0.15, 0.2) is 0 Å². The van der Waals surface area contributed by atoms with Crippen LogP contribution < -0.4 is 0 Å². The summed E-state index contributed by atoms with van der Waals surface area (Å²) in [5.74, 6) is -0.240. The van der Waals surface area contributed by atoms with Crippen LogP contribution in [-0.2, 0) is 79.7 Å². The Bertz CT molecular complexity index is 545. The summed E-state index contributed by atoms with van der Waals surface area (Å²) < 4.78 is 9.92. The zero-order valence-electron chi connectivity index (χ0n) is 17.9. The van der Waals surface area contributed by atoms with Crippen molar-refractivity contribution in [3.05, 3.63) is 28.4 Å². The molecule has 4 N–H and O–H groups in total. The number of carbonyl (C=O) groups is 1. The van der Waals surface area contributed by atoms with E-state index in [1.165, 1.54) is 12.8 Å². The number of ether oxygens (including phenoxy) is 2. The maximum absolute atomic E-state index is 12.0. The second-order valence-corrected chi connectivity index (χ2v) is 8.52. The first-order valence-electron chi connectivity index (χ1n) is 9.84. The molecule has 4 fully saturated rings. The molecule has 2 radical (unpaired) electrons. The van der Waals surface area contributed by atoms with E-state index in [0.29, 0.717) is 29.6 Å². The fraction of sp³-hybridized carbons (Fsp3) is 0.762. The van der Waals surface area contributed by atoms with Crippen molar-refractivity contribution < 1.29 is 100 Å². The van der Waals surface area contributed by atoms with E-state index in [-0.39, 0.29) is 77.3 Å². The fourth-order valence-electron chi connectivity index (χ4n) is 7.81. The minimum Gasteiger partial charge on any atom is -0.569 e. The van der Waals surface area contributed by atoms with Gasteiger partial charge in [-0.15, -0.1) is 0 Å². The van der Waals surface area contributed by atoms with Gasteiger partial charge in [0.1, 0.15) is 0 Å².